The number of unbranched alkanes of at least 4 members (excludes halogenated alkanes) is 7. The first kappa shape index (κ1) is 12.7. The molecule has 0 bridgehead atoms. The van der Waals surface area contributed by atoms with Crippen LogP contribution >= 0.6 is 0 Å². The fourth-order valence-electron chi connectivity index (χ4n) is 1.36. The van der Waals surface area contributed by atoms with E-state index >= 15 is 0 Å². The first-order valence-corrected chi connectivity index (χ1v) is 5.86. The van der Waals surface area contributed by atoms with Crippen molar-refractivity contribution < 1.29 is 0 Å². The molecular formula is C13H25. The summed E-state index contributed by atoms with van der Waals surface area (Å²) in [6, 6.07) is 0. The number of hydrogen-bond donors (Lipinski definition) is 0. The monoisotopic (exact) mass is 181 g/mol. The molecule has 0 amide bonds. The Labute approximate surface area is 84.4 Å². The Kier molecular flexibility index (Phi) is 11.5. The maximum atomic E-state index is 3.84. The van der Waals surface area contributed by atoms with Crippen LogP contribution in [0.4, 0.5) is 0 Å². The predicted molar refractivity (Wildman–Crippen MR) is 61.7 cm³/mol. The molecule has 0 aliphatic heterocycles. The lowest BCUT2D eigenvalue weighted by Gasteiger charge is -1.94. The molecule has 0 unspecified atom stereocenters. The van der Waals surface area contributed by atoms with E-state index < -0.39 is 0 Å². The van der Waals surface area contributed by atoms with Crippen LogP contribution < -0.4 is 0 Å². The zero-order chi connectivity index (χ0) is 9.78. The van der Waals surface area contributed by atoms with Gasteiger partial charge in [-0.15, -0.1) is 0 Å². The SMILES string of the molecule is [CH2]CCCCC/C=C/CCCCC. The van der Waals surface area contributed by atoms with Gasteiger partial charge in [0, 0.05) is 0 Å². The fraction of sp³-hybridized carbons (Fsp3) is 0.769. The summed E-state index contributed by atoms with van der Waals surface area (Å²) < 4.78 is 0. The van der Waals surface area contributed by atoms with Crippen molar-refractivity contribution in [3.05, 3.63) is 19.1 Å². The summed E-state index contributed by atoms with van der Waals surface area (Å²) in [6.45, 7) is 6.09. The molecule has 77 valence electrons. The summed E-state index contributed by atoms with van der Waals surface area (Å²) in [5.74, 6) is 0. The zero-order valence-electron chi connectivity index (χ0n) is 9.23. The van der Waals surface area contributed by atoms with Crippen molar-refractivity contribution in [3.8, 4) is 0 Å². The van der Waals surface area contributed by atoms with E-state index in [9.17, 15) is 0 Å². The molecular weight excluding hydrogens is 156 g/mol. The molecule has 0 fully saturated rings. The van der Waals surface area contributed by atoms with E-state index in [0.717, 1.165) is 6.42 Å². The third-order valence-corrected chi connectivity index (χ3v) is 2.26. The lowest BCUT2D eigenvalue weighted by molar-refractivity contribution is 0.691. The van der Waals surface area contributed by atoms with Gasteiger partial charge in [0.2, 0.25) is 0 Å². The van der Waals surface area contributed by atoms with Crippen LogP contribution in [-0.4, -0.2) is 0 Å². The molecule has 1 radical (unpaired) electrons. The third-order valence-electron chi connectivity index (χ3n) is 2.26. The zero-order valence-corrected chi connectivity index (χ0v) is 9.23. The summed E-state index contributed by atoms with van der Waals surface area (Å²) in [6.07, 6.45) is 16.4. The van der Waals surface area contributed by atoms with Crippen LogP contribution in [0.5, 0.6) is 0 Å². The molecule has 0 atom stereocenters. The molecule has 0 heterocycles. The van der Waals surface area contributed by atoms with Gasteiger partial charge < -0.3 is 0 Å². The van der Waals surface area contributed by atoms with Crippen molar-refractivity contribution in [3.63, 3.8) is 0 Å². The fourth-order valence-corrected chi connectivity index (χ4v) is 1.36. The Hall–Kier alpha value is -0.260. The van der Waals surface area contributed by atoms with Crippen molar-refractivity contribution in [1.82, 2.24) is 0 Å². The molecule has 0 aliphatic rings. The lowest BCUT2D eigenvalue weighted by Crippen LogP contribution is -1.74. The molecule has 0 nitrogen and oxygen atoms in total. The van der Waals surface area contributed by atoms with Gasteiger partial charge in [0.1, 0.15) is 0 Å². The van der Waals surface area contributed by atoms with E-state index in [1.165, 1.54) is 51.4 Å². The van der Waals surface area contributed by atoms with Crippen LogP contribution in [0.1, 0.15) is 64.7 Å². The summed E-state index contributed by atoms with van der Waals surface area (Å²) in [5, 5.41) is 0. The number of hydrogen-bond acceptors (Lipinski definition) is 0. The van der Waals surface area contributed by atoms with Gasteiger partial charge in [0.05, 0.1) is 0 Å². The molecule has 0 aromatic heterocycles. The van der Waals surface area contributed by atoms with Crippen LogP contribution in [0, 0.1) is 6.92 Å². The second kappa shape index (κ2) is 11.7. The van der Waals surface area contributed by atoms with Crippen LogP contribution in [-0.2, 0) is 0 Å². The Balaban J connectivity index is 2.95. The molecule has 0 saturated carbocycles. The Morgan fingerprint density at radius 2 is 1.46 bits per heavy atom. The van der Waals surface area contributed by atoms with Crippen molar-refractivity contribution in [2.75, 3.05) is 0 Å². The summed E-state index contributed by atoms with van der Waals surface area (Å²) in [5.41, 5.74) is 0. The maximum Gasteiger partial charge on any atom is -0.0351 e. The molecule has 0 saturated heterocycles. The lowest BCUT2D eigenvalue weighted by atomic mass is 10.1. The van der Waals surface area contributed by atoms with Crippen LogP contribution in [0.15, 0.2) is 12.2 Å². The number of rotatable bonds is 9. The molecule has 0 aliphatic carbocycles. The van der Waals surface area contributed by atoms with Crippen molar-refractivity contribution in [2.45, 2.75) is 64.7 Å². The largest absolute Gasteiger partial charge is 0.0885 e. The topological polar surface area (TPSA) is 0 Å². The van der Waals surface area contributed by atoms with Gasteiger partial charge in [0.15, 0.2) is 0 Å². The standard InChI is InChI=1S/C13H25/c1-3-5-7-9-11-13-12-10-8-6-4-2/h12-13H,1,3-11H2,2H3/b13-12+. The van der Waals surface area contributed by atoms with E-state index in [0.29, 0.717) is 0 Å². The van der Waals surface area contributed by atoms with Crippen LogP contribution in [0.3, 0.4) is 0 Å². The minimum absolute atomic E-state index is 1.10. The van der Waals surface area contributed by atoms with Crippen molar-refractivity contribution >= 4 is 0 Å². The highest BCUT2D eigenvalue weighted by Crippen LogP contribution is 2.04. The van der Waals surface area contributed by atoms with Crippen molar-refractivity contribution in [2.24, 2.45) is 0 Å². The highest BCUT2D eigenvalue weighted by molar-refractivity contribution is 4.81. The summed E-state index contributed by atoms with van der Waals surface area (Å²) in [4.78, 5) is 0. The normalized spacial score (nSPS) is 11.2. The Morgan fingerprint density at radius 3 is 2.00 bits per heavy atom. The first-order valence-electron chi connectivity index (χ1n) is 5.86. The van der Waals surface area contributed by atoms with Crippen LogP contribution in [0.2, 0.25) is 0 Å². The quantitative estimate of drug-likeness (QED) is 0.350. The highest BCUT2D eigenvalue weighted by Gasteiger charge is 1.84. The molecule has 0 spiro atoms. The van der Waals surface area contributed by atoms with E-state index in [2.05, 4.69) is 26.0 Å². The molecule has 0 N–H and O–H groups in total. The maximum absolute atomic E-state index is 3.84. The third kappa shape index (κ3) is 11.7. The van der Waals surface area contributed by atoms with Gasteiger partial charge in [-0.3, -0.25) is 0 Å². The Bertz CT molecular complexity index is 103. The van der Waals surface area contributed by atoms with E-state index in [1.54, 1.807) is 0 Å². The average Bonchev–Trinajstić information content (AvgIpc) is 2.16. The predicted octanol–water partition coefficient (Wildman–Crippen LogP) is 4.91. The minimum Gasteiger partial charge on any atom is -0.0885 e. The molecule has 0 heteroatoms. The molecule has 13 heavy (non-hydrogen) atoms. The summed E-state index contributed by atoms with van der Waals surface area (Å²) >= 11 is 0. The molecule has 0 aromatic rings. The highest BCUT2D eigenvalue weighted by atomic mass is 13.9. The number of allylic oxidation sites excluding steroid dienone is 2. The van der Waals surface area contributed by atoms with Gasteiger partial charge >= 0.3 is 0 Å². The van der Waals surface area contributed by atoms with Crippen molar-refractivity contribution in [1.29, 1.82) is 0 Å². The smallest absolute Gasteiger partial charge is 0.0351 e. The van der Waals surface area contributed by atoms with Gasteiger partial charge in [0.25, 0.3) is 0 Å². The van der Waals surface area contributed by atoms with E-state index in [1.807, 2.05) is 0 Å². The van der Waals surface area contributed by atoms with E-state index in [-0.39, 0.29) is 0 Å². The Morgan fingerprint density at radius 1 is 0.846 bits per heavy atom. The van der Waals surface area contributed by atoms with Gasteiger partial charge in [-0.2, -0.15) is 0 Å². The average molecular weight is 181 g/mol. The second-order valence-electron chi connectivity index (χ2n) is 3.67. The minimum atomic E-state index is 1.10. The van der Waals surface area contributed by atoms with Gasteiger partial charge in [-0.05, 0) is 25.7 Å². The van der Waals surface area contributed by atoms with Crippen LogP contribution in [0.25, 0.3) is 0 Å². The second-order valence-corrected chi connectivity index (χ2v) is 3.67. The van der Waals surface area contributed by atoms with Gasteiger partial charge in [-0.25, -0.2) is 0 Å². The van der Waals surface area contributed by atoms with Gasteiger partial charge in [-0.1, -0.05) is 58.1 Å². The first-order chi connectivity index (χ1) is 6.41. The van der Waals surface area contributed by atoms with E-state index in [4.69, 9.17) is 0 Å². The molecule has 0 aromatic carbocycles. The molecule has 0 rings (SSSR count). The summed E-state index contributed by atoms with van der Waals surface area (Å²) in [7, 11) is 0.